The van der Waals surface area contributed by atoms with Crippen LogP contribution < -0.4 is 5.56 Å². The predicted octanol–water partition coefficient (Wildman–Crippen LogP) is 2.47. The summed E-state index contributed by atoms with van der Waals surface area (Å²) in [5.74, 6) is 1.28. The number of rotatable bonds is 5. The van der Waals surface area contributed by atoms with Crippen molar-refractivity contribution in [3.63, 3.8) is 0 Å². The summed E-state index contributed by atoms with van der Waals surface area (Å²) in [6, 6.07) is 16.3. The van der Waals surface area contributed by atoms with Crippen molar-refractivity contribution in [3.8, 4) is 11.3 Å². The molecule has 0 N–H and O–H groups in total. The van der Waals surface area contributed by atoms with Gasteiger partial charge in [0.15, 0.2) is 0 Å². The van der Waals surface area contributed by atoms with E-state index in [1.54, 1.807) is 13.1 Å². The average Bonchev–Trinajstić information content (AvgIpc) is 3.02. The van der Waals surface area contributed by atoms with Gasteiger partial charge in [0.05, 0.1) is 12.2 Å². The van der Waals surface area contributed by atoms with E-state index in [9.17, 15) is 9.59 Å². The number of aromatic nitrogens is 2. The topological polar surface area (TPSA) is 68.3 Å². The molecule has 1 amide bonds. The van der Waals surface area contributed by atoms with E-state index in [0.29, 0.717) is 18.0 Å². The van der Waals surface area contributed by atoms with Gasteiger partial charge in [-0.3, -0.25) is 9.59 Å². The van der Waals surface area contributed by atoms with Crippen LogP contribution in [-0.2, 0) is 17.9 Å². The van der Waals surface area contributed by atoms with Gasteiger partial charge in [0.2, 0.25) is 5.91 Å². The van der Waals surface area contributed by atoms with Crippen LogP contribution in [-0.4, -0.2) is 27.6 Å². The first-order valence-corrected chi connectivity index (χ1v) is 7.96. The number of aryl methyl sites for hydroxylation is 1. The third kappa shape index (κ3) is 4.03. The number of nitrogens with zero attached hydrogens (tertiary/aromatic N) is 3. The molecule has 0 saturated heterocycles. The van der Waals surface area contributed by atoms with Gasteiger partial charge in [-0.25, -0.2) is 4.68 Å². The Balaban J connectivity index is 1.75. The lowest BCUT2D eigenvalue weighted by atomic mass is 10.1. The van der Waals surface area contributed by atoms with Crippen LogP contribution in [0.1, 0.15) is 11.5 Å². The summed E-state index contributed by atoms with van der Waals surface area (Å²) in [6.07, 6.45) is 0. The highest BCUT2D eigenvalue weighted by atomic mass is 16.3. The Morgan fingerprint density at radius 2 is 1.88 bits per heavy atom. The number of carbonyl (C=O) groups is 1. The molecule has 0 fully saturated rings. The van der Waals surface area contributed by atoms with Gasteiger partial charge >= 0.3 is 0 Å². The van der Waals surface area contributed by atoms with Crippen molar-refractivity contribution in [1.29, 1.82) is 0 Å². The van der Waals surface area contributed by atoms with E-state index < -0.39 is 0 Å². The van der Waals surface area contributed by atoms with Crippen LogP contribution in [0.2, 0.25) is 0 Å². The smallest absolute Gasteiger partial charge is 0.267 e. The molecular formula is C19H19N3O3. The lowest BCUT2D eigenvalue weighted by Gasteiger charge is -2.16. The van der Waals surface area contributed by atoms with Crippen LogP contribution in [0, 0.1) is 6.92 Å². The molecule has 0 bridgehead atoms. The fraction of sp³-hybridized carbons (Fsp3) is 0.211. The first kappa shape index (κ1) is 16.7. The highest BCUT2D eigenvalue weighted by molar-refractivity contribution is 5.75. The average molecular weight is 337 g/mol. The molecule has 0 aliphatic carbocycles. The number of carbonyl (C=O) groups excluding carboxylic acids is 1. The molecule has 0 spiro atoms. The summed E-state index contributed by atoms with van der Waals surface area (Å²) in [7, 11) is 1.67. The number of furan rings is 1. The second-order valence-electron chi connectivity index (χ2n) is 5.84. The summed E-state index contributed by atoms with van der Waals surface area (Å²) in [5, 5.41) is 4.31. The number of amides is 1. The Bertz CT molecular complexity index is 928. The highest BCUT2D eigenvalue weighted by Crippen LogP contribution is 2.14. The fourth-order valence-corrected chi connectivity index (χ4v) is 2.47. The minimum absolute atomic E-state index is 0.115. The maximum absolute atomic E-state index is 12.4. The second kappa shape index (κ2) is 7.17. The molecule has 0 aliphatic rings. The Morgan fingerprint density at radius 1 is 1.12 bits per heavy atom. The van der Waals surface area contributed by atoms with E-state index in [2.05, 4.69) is 5.10 Å². The quantitative estimate of drug-likeness (QED) is 0.717. The fourth-order valence-electron chi connectivity index (χ4n) is 2.47. The molecule has 1 aromatic carbocycles. The normalized spacial score (nSPS) is 10.6. The van der Waals surface area contributed by atoms with Crippen molar-refractivity contribution in [3.05, 3.63) is 76.5 Å². The monoisotopic (exact) mass is 337 g/mol. The first-order valence-electron chi connectivity index (χ1n) is 7.96. The molecule has 6 heteroatoms. The maximum Gasteiger partial charge on any atom is 0.267 e. The van der Waals surface area contributed by atoms with Crippen LogP contribution in [0.3, 0.4) is 0 Å². The van der Waals surface area contributed by atoms with Gasteiger partial charge in [-0.05, 0) is 25.1 Å². The molecular weight excluding hydrogens is 318 g/mol. The summed E-state index contributed by atoms with van der Waals surface area (Å²) in [4.78, 5) is 26.0. The van der Waals surface area contributed by atoms with Crippen molar-refractivity contribution in [2.75, 3.05) is 7.05 Å². The van der Waals surface area contributed by atoms with Gasteiger partial charge < -0.3 is 9.32 Å². The molecule has 3 rings (SSSR count). The molecule has 0 radical (unpaired) electrons. The standard InChI is InChI=1S/C19H19N3O3/c1-14-8-9-16(25-14)12-21(2)19(24)13-22-18(23)11-10-17(20-22)15-6-4-3-5-7-15/h3-11H,12-13H2,1-2H3. The number of likely N-dealkylation sites (N-methyl/N-ethyl adjacent to an activating group) is 1. The van der Waals surface area contributed by atoms with E-state index in [4.69, 9.17) is 4.42 Å². The first-order chi connectivity index (χ1) is 12.0. The third-order valence-electron chi connectivity index (χ3n) is 3.84. The van der Waals surface area contributed by atoms with Crippen molar-refractivity contribution in [1.82, 2.24) is 14.7 Å². The minimum Gasteiger partial charge on any atom is -0.464 e. The number of benzene rings is 1. The van der Waals surface area contributed by atoms with Gasteiger partial charge in [-0.1, -0.05) is 30.3 Å². The molecule has 6 nitrogen and oxygen atoms in total. The van der Waals surface area contributed by atoms with Crippen molar-refractivity contribution >= 4 is 5.91 Å². The van der Waals surface area contributed by atoms with E-state index >= 15 is 0 Å². The lowest BCUT2D eigenvalue weighted by Crippen LogP contribution is -2.34. The van der Waals surface area contributed by atoms with Gasteiger partial charge in [-0.2, -0.15) is 5.10 Å². The van der Waals surface area contributed by atoms with Gasteiger partial charge in [0.1, 0.15) is 18.1 Å². The largest absolute Gasteiger partial charge is 0.464 e. The Labute approximate surface area is 145 Å². The highest BCUT2D eigenvalue weighted by Gasteiger charge is 2.14. The maximum atomic E-state index is 12.4. The van der Waals surface area contributed by atoms with Crippen LogP contribution in [0.15, 0.2) is 63.8 Å². The second-order valence-corrected chi connectivity index (χ2v) is 5.84. The zero-order chi connectivity index (χ0) is 17.8. The Morgan fingerprint density at radius 3 is 2.56 bits per heavy atom. The van der Waals surface area contributed by atoms with Crippen LogP contribution in [0.5, 0.6) is 0 Å². The zero-order valence-corrected chi connectivity index (χ0v) is 14.2. The van der Waals surface area contributed by atoms with E-state index in [1.165, 1.54) is 15.6 Å². The van der Waals surface area contributed by atoms with Crippen LogP contribution >= 0.6 is 0 Å². The predicted molar refractivity (Wildman–Crippen MR) is 93.9 cm³/mol. The summed E-state index contributed by atoms with van der Waals surface area (Å²) >= 11 is 0. The third-order valence-corrected chi connectivity index (χ3v) is 3.84. The lowest BCUT2D eigenvalue weighted by molar-refractivity contribution is -0.131. The molecule has 25 heavy (non-hydrogen) atoms. The minimum atomic E-state index is -0.310. The van der Waals surface area contributed by atoms with Crippen molar-refractivity contribution in [2.45, 2.75) is 20.0 Å². The summed E-state index contributed by atoms with van der Waals surface area (Å²) < 4.78 is 6.67. The molecule has 128 valence electrons. The van der Waals surface area contributed by atoms with Crippen LogP contribution in [0.4, 0.5) is 0 Å². The van der Waals surface area contributed by atoms with Crippen molar-refractivity contribution in [2.24, 2.45) is 0 Å². The zero-order valence-electron chi connectivity index (χ0n) is 14.2. The molecule has 2 aromatic heterocycles. The van der Waals surface area contributed by atoms with Gasteiger partial charge in [0.25, 0.3) is 5.56 Å². The molecule has 0 atom stereocenters. The molecule has 2 heterocycles. The summed E-state index contributed by atoms with van der Waals surface area (Å²) in [6.45, 7) is 2.08. The van der Waals surface area contributed by atoms with E-state index in [1.807, 2.05) is 49.4 Å². The number of hydrogen-bond acceptors (Lipinski definition) is 4. The Hall–Kier alpha value is -3.15. The Kier molecular flexibility index (Phi) is 4.79. The van der Waals surface area contributed by atoms with Gasteiger partial charge in [0, 0.05) is 18.7 Å². The SMILES string of the molecule is Cc1ccc(CN(C)C(=O)Cn2nc(-c3ccccc3)ccc2=O)o1. The molecule has 0 unspecified atom stereocenters. The molecule has 0 aliphatic heterocycles. The summed E-state index contributed by atoms with van der Waals surface area (Å²) in [5.41, 5.74) is 1.23. The van der Waals surface area contributed by atoms with E-state index in [0.717, 1.165) is 11.3 Å². The molecule has 0 saturated carbocycles. The number of hydrogen-bond donors (Lipinski definition) is 0. The van der Waals surface area contributed by atoms with Crippen molar-refractivity contribution < 1.29 is 9.21 Å². The van der Waals surface area contributed by atoms with Crippen LogP contribution in [0.25, 0.3) is 11.3 Å². The van der Waals surface area contributed by atoms with E-state index in [-0.39, 0.29) is 18.0 Å². The van der Waals surface area contributed by atoms with Gasteiger partial charge in [-0.15, -0.1) is 0 Å². The molecule has 3 aromatic rings.